The van der Waals surface area contributed by atoms with Crippen molar-refractivity contribution < 1.29 is 14.6 Å². The number of rotatable bonds is 9. The zero-order chi connectivity index (χ0) is 19.9. The lowest BCUT2D eigenvalue weighted by molar-refractivity contribution is 0.00854. The first-order chi connectivity index (χ1) is 13.6. The van der Waals surface area contributed by atoms with Crippen LogP contribution in [0.3, 0.4) is 0 Å². The number of aromatic nitrogens is 3. The summed E-state index contributed by atoms with van der Waals surface area (Å²) >= 11 is 6.00. The molecule has 7 nitrogen and oxygen atoms in total. The van der Waals surface area contributed by atoms with E-state index >= 15 is 0 Å². The van der Waals surface area contributed by atoms with Gasteiger partial charge in [0.2, 0.25) is 0 Å². The number of ether oxygens (including phenoxy) is 2. The zero-order valence-corrected chi connectivity index (χ0v) is 18.2. The van der Waals surface area contributed by atoms with Crippen molar-refractivity contribution in [3.05, 3.63) is 40.9 Å². The summed E-state index contributed by atoms with van der Waals surface area (Å²) in [6.45, 7) is 3.46. The van der Waals surface area contributed by atoms with Crippen molar-refractivity contribution in [3.63, 3.8) is 0 Å². The van der Waals surface area contributed by atoms with E-state index in [2.05, 4.69) is 12.0 Å². The maximum atomic E-state index is 9.42. The number of nitrogens with two attached hydrogens (primary N) is 1. The van der Waals surface area contributed by atoms with Crippen molar-refractivity contribution in [1.29, 1.82) is 0 Å². The van der Waals surface area contributed by atoms with Gasteiger partial charge in [0, 0.05) is 23.6 Å². The van der Waals surface area contributed by atoms with Crippen molar-refractivity contribution in [3.8, 4) is 5.75 Å². The SMILES string of the molecule is CCCO[C@@H]1C[C@@H](c2nc(COc3cccc(Cl)c3)nn2CCO)CC[C@H]1N.Cl. The van der Waals surface area contributed by atoms with Gasteiger partial charge in [0.15, 0.2) is 5.82 Å². The molecule has 1 saturated carbocycles. The first-order valence-corrected chi connectivity index (χ1v) is 10.3. The first-order valence-electron chi connectivity index (χ1n) is 9.90. The Labute approximate surface area is 183 Å². The molecule has 0 amide bonds. The third-order valence-electron chi connectivity index (χ3n) is 4.96. The maximum Gasteiger partial charge on any atom is 0.188 e. The van der Waals surface area contributed by atoms with Crippen molar-refractivity contribution >= 4 is 24.0 Å². The second-order valence-corrected chi connectivity index (χ2v) is 7.60. The van der Waals surface area contributed by atoms with Crippen molar-refractivity contribution in [1.82, 2.24) is 14.8 Å². The molecule has 29 heavy (non-hydrogen) atoms. The molecule has 0 saturated heterocycles. The first kappa shape index (κ1) is 23.9. The molecule has 1 aromatic heterocycles. The van der Waals surface area contributed by atoms with E-state index in [1.807, 2.05) is 12.1 Å². The molecule has 3 rings (SSSR count). The van der Waals surface area contributed by atoms with Crippen LogP contribution in [0.25, 0.3) is 0 Å². The van der Waals surface area contributed by atoms with Crippen molar-refractivity contribution in [2.24, 2.45) is 5.73 Å². The number of aliphatic hydroxyl groups is 1. The Balaban J connectivity index is 0.00000300. The number of nitrogens with zero attached hydrogens (tertiary/aromatic N) is 3. The molecular weight excluding hydrogens is 415 g/mol. The van der Waals surface area contributed by atoms with Gasteiger partial charge >= 0.3 is 0 Å². The Bertz CT molecular complexity index is 759. The molecule has 1 heterocycles. The van der Waals surface area contributed by atoms with Gasteiger partial charge in [-0.3, -0.25) is 0 Å². The van der Waals surface area contributed by atoms with Gasteiger partial charge in [-0.25, -0.2) is 9.67 Å². The highest BCUT2D eigenvalue weighted by molar-refractivity contribution is 6.30. The summed E-state index contributed by atoms with van der Waals surface area (Å²) in [5.74, 6) is 2.34. The number of hydrogen-bond donors (Lipinski definition) is 2. The largest absolute Gasteiger partial charge is 0.485 e. The van der Waals surface area contributed by atoms with Gasteiger partial charge in [0.1, 0.15) is 18.2 Å². The van der Waals surface area contributed by atoms with Gasteiger partial charge in [0.25, 0.3) is 0 Å². The van der Waals surface area contributed by atoms with E-state index in [0.717, 1.165) is 31.5 Å². The molecule has 1 aliphatic rings. The minimum atomic E-state index is 0. The van der Waals surface area contributed by atoms with E-state index in [1.54, 1.807) is 16.8 Å². The quantitative estimate of drug-likeness (QED) is 0.615. The smallest absolute Gasteiger partial charge is 0.188 e. The van der Waals surface area contributed by atoms with Gasteiger partial charge in [-0.1, -0.05) is 24.6 Å². The van der Waals surface area contributed by atoms with Crippen LogP contribution in [0.2, 0.25) is 5.02 Å². The molecule has 0 spiro atoms. The Kier molecular flexibility index (Phi) is 9.65. The summed E-state index contributed by atoms with van der Waals surface area (Å²) in [7, 11) is 0. The lowest BCUT2D eigenvalue weighted by atomic mass is 9.83. The second-order valence-electron chi connectivity index (χ2n) is 7.16. The van der Waals surface area contributed by atoms with Crippen LogP contribution in [0.4, 0.5) is 0 Å². The van der Waals surface area contributed by atoms with E-state index in [9.17, 15) is 5.11 Å². The fourth-order valence-electron chi connectivity index (χ4n) is 3.58. The number of halogens is 2. The van der Waals surface area contributed by atoms with Crippen LogP contribution < -0.4 is 10.5 Å². The molecule has 0 aliphatic heterocycles. The molecule has 9 heteroatoms. The van der Waals surface area contributed by atoms with E-state index in [1.165, 1.54) is 0 Å². The predicted octanol–water partition coefficient (Wildman–Crippen LogP) is 3.31. The molecule has 1 aliphatic carbocycles. The van der Waals surface area contributed by atoms with Gasteiger partial charge in [-0.15, -0.1) is 12.4 Å². The molecule has 2 aromatic rings. The molecule has 0 radical (unpaired) electrons. The lowest BCUT2D eigenvalue weighted by Gasteiger charge is -2.33. The minimum absolute atomic E-state index is 0. The monoisotopic (exact) mass is 444 g/mol. The number of aliphatic hydroxyl groups excluding tert-OH is 1. The highest BCUT2D eigenvalue weighted by Crippen LogP contribution is 2.33. The summed E-state index contributed by atoms with van der Waals surface area (Å²) in [5.41, 5.74) is 6.25. The average molecular weight is 445 g/mol. The molecule has 0 bridgehead atoms. The molecule has 1 aromatic carbocycles. The fourth-order valence-corrected chi connectivity index (χ4v) is 3.76. The lowest BCUT2D eigenvalue weighted by Crippen LogP contribution is -2.42. The summed E-state index contributed by atoms with van der Waals surface area (Å²) in [4.78, 5) is 4.72. The summed E-state index contributed by atoms with van der Waals surface area (Å²) in [6.07, 6.45) is 3.65. The number of benzene rings is 1. The van der Waals surface area contributed by atoms with Crippen LogP contribution >= 0.6 is 24.0 Å². The standard InChI is InChI=1S/C20H29ClN4O3.ClH/c1-2-10-27-18-11-14(6-7-17(18)22)20-23-19(24-25(20)8-9-26)13-28-16-5-3-4-15(21)12-16;/h3-5,12,14,17-18,26H,2,6-11,13,22H2,1H3;1H/t14-,17+,18+;/m0./s1. The maximum absolute atomic E-state index is 9.42. The molecule has 1 fully saturated rings. The second kappa shape index (κ2) is 11.7. The highest BCUT2D eigenvalue weighted by Gasteiger charge is 2.32. The van der Waals surface area contributed by atoms with Gasteiger partial charge in [-0.05, 0) is 43.9 Å². The Hall–Kier alpha value is -1.38. The summed E-state index contributed by atoms with van der Waals surface area (Å²) in [6, 6.07) is 7.29. The predicted molar refractivity (Wildman–Crippen MR) is 115 cm³/mol. The van der Waals surface area contributed by atoms with Gasteiger partial charge in [-0.2, -0.15) is 5.10 Å². The van der Waals surface area contributed by atoms with Crippen LogP contribution in [0, 0.1) is 0 Å². The molecule has 162 valence electrons. The third-order valence-corrected chi connectivity index (χ3v) is 5.20. The van der Waals surface area contributed by atoms with Crippen molar-refractivity contribution in [2.75, 3.05) is 13.2 Å². The Morgan fingerprint density at radius 1 is 1.34 bits per heavy atom. The minimum Gasteiger partial charge on any atom is -0.485 e. The summed E-state index contributed by atoms with van der Waals surface area (Å²) < 4.78 is 13.5. The third kappa shape index (κ3) is 6.55. The van der Waals surface area contributed by atoms with Crippen LogP contribution in [-0.2, 0) is 17.9 Å². The fraction of sp³-hybridized carbons (Fsp3) is 0.600. The van der Waals surface area contributed by atoms with Gasteiger partial charge in [0.05, 0.1) is 19.3 Å². The number of hydrogen-bond acceptors (Lipinski definition) is 6. The molecule has 0 unspecified atom stereocenters. The van der Waals surface area contributed by atoms with Gasteiger partial charge < -0.3 is 20.3 Å². The van der Waals surface area contributed by atoms with Crippen molar-refractivity contribution in [2.45, 2.75) is 63.8 Å². The Morgan fingerprint density at radius 3 is 2.90 bits per heavy atom. The normalized spacial score (nSPS) is 21.6. The topological polar surface area (TPSA) is 95.4 Å². The molecular formula is C20H30Cl2N4O3. The van der Waals surface area contributed by atoms with E-state index in [4.69, 9.17) is 31.8 Å². The molecule has 3 N–H and O–H groups in total. The van der Waals surface area contributed by atoms with Crippen LogP contribution in [-0.4, -0.2) is 45.2 Å². The average Bonchev–Trinajstić information content (AvgIpc) is 3.09. The van der Waals surface area contributed by atoms with E-state index < -0.39 is 0 Å². The summed E-state index contributed by atoms with van der Waals surface area (Å²) in [5, 5.41) is 14.6. The van der Waals surface area contributed by atoms with E-state index in [-0.39, 0.29) is 43.7 Å². The zero-order valence-electron chi connectivity index (χ0n) is 16.7. The molecule has 3 atom stereocenters. The van der Waals surface area contributed by atoms with Crippen LogP contribution in [0.5, 0.6) is 5.75 Å². The van der Waals surface area contributed by atoms with Crippen LogP contribution in [0.15, 0.2) is 24.3 Å². The van der Waals surface area contributed by atoms with Crippen LogP contribution in [0.1, 0.15) is 50.2 Å². The highest BCUT2D eigenvalue weighted by atomic mass is 35.5. The van der Waals surface area contributed by atoms with E-state index in [0.29, 0.717) is 29.7 Å². The Morgan fingerprint density at radius 2 is 2.17 bits per heavy atom.